The Bertz CT molecular complexity index is 1730. The van der Waals surface area contributed by atoms with Crippen LogP contribution in [0, 0.1) is 17.5 Å². The predicted molar refractivity (Wildman–Crippen MR) is 160 cm³/mol. The van der Waals surface area contributed by atoms with Crippen LogP contribution >= 0.6 is 0 Å². The van der Waals surface area contributed by atoms with Crippen LogP contribution in [-0.2, 0) is 36.3 Å². The molecule has 0 unspecified atom stereocenters. The van der Waals surface area contributed by atoms with E-state index >= 15 is 0 Å². The Balaban J connectivity index is 1.53. The molecule has 1 heterocycles. The number of amides is 2. The highest BCUT2D eigenvalue weighted by molar-refractivity contribution is 7.92. The second kappa shape index (κ2) is 14.1. The maximum absolute atomic E-state index is 14.5. The number of morpholine rings is 1. The number of nitrogens with one attached hydrogen (secondary N) is 1. The van der Waals surface area contributed by atoms with E-state index < -0.39 is 79.8 Å². The Kier molecular flexibility index (Phi) is 10.5. The van der Waals surface area contributed by atoms with Crippen molar-refractivity contribution in [2.24, 2.45) is 0 Å². The standard InChI is InChI=1S/C33H31F9N2O5S/c34-23-8-10-25(11-9-23)50(46,47)30(14-12-24(13-15-30)43-29(45)44-16-18-48-19-17-44)21-4-6-22(7-5-21)31(32(37,38)39,33(40,41)42)49-20-26-27(35)2-1-3-28(26)36/h1-11,24H,12-20H2,(H,43,45)/t24-,30-. The number of alkyl halides is 6. The zero-order valence-electron chi connectivity index (χ0n) is 26.1. The molecule has 0 spiro atoms. The van der Waals surface area contributed by atoms with E-state index in [1.165, 1.54) is 4.90 Å². The average Bonchev–Trinajstić information content (AvgIpc) is 3.06. The second-order valence-corrected chi connectivity index (χ2v) is 14.3. The lowest BCUT2D eigenvalue weighted by Gasteiger charge is -2.41. The van der Waals surface area contributed by atoms with Gasteiger partial charge in [-0.2, -0.15) is 26.3 Å². The minimum absolute atomic E-state index is 0.0601. The molecule has 7 nitrogen and oxygen atoms in total. The van der Waals surface area contributed by atoms with Crippen molar-refractivity contribution in [3.8, 4) is 0 Å². The number of rotatable bonds is 8. The minimum Gasteiger partial charge on any atom is -0.378 e. The Morgan fingerprint density at radius 3 is 1.90 bits per heavy atom. The van der Waals surface area contributed by atoms with Gasteiger partial charge in [0, 0.05) is 30.3 Å². The van der Waals surface area contributed by atoms with Gasteiger partial charge < -0.3 is 19.7 Å². The number of ether oxygens (including phenoxy) is 2. The van der Waals surface area contributed by atoms with Crippen molar-refractivity contribution in [2.45, 2.75) is 65.9 Å². The first-order valence-corrected chi connectivity index (χ1v) is 16.9. The van der Waals surface area contributed by atoms with E-state index in [2.05, 4.69) is 10.1 Å². The molecule has 1 saturated carbocycles. The normalized spacial score (nSPS) is 20.8. The molecule has 2 aliphatic rings. The summed E-state index contributed by atoms with van der Waals surface area (Å²) in [6, 6.07) is 7.49. The Labute approximate surface area is 281 Å². The summed E-state index contributed by atoms with van der Waals surface area (Å²) in [6.07, 6.45) is -12.7. The largest absolute Gasteiger partial charge is 0.430 e. The molecule has 1 aliphatic carbocycles. The zero-order valence-corrected chi connectivity index (χ0v) is 26.9. The molecular weight excluding hydrogens is 707 g/mol. The van der Waals surface area contributed by atoms with E-state index in [0.717, 1.165) is 42.5 Å². The maximum atomic E-state index is 14.5. The fraction of sp³-hybridized carbons (Fsp3) is 0.424. The summed E-state index contributed by atoms with van der Waals surface area (Å²) < 4.78 is 165. The molecule has 1 aliphatic heterocycles. The average molecular weight is 739 g/mol. The van der Waals surface area contributed by atoms with Gasteiger partial charge in [-0.05, 0) is 67.6 Å². The van der Waals surface area contributed by atoms with Crippen molar-refractivity contribution in [2.75, 3.05) is 26.3 Å². The van der Waals surface area contributed by atoms with E-state index in [9.17, 15) is 52.7 Å². The van der Waals surface area contributed by atoms with Crippen LogP contribution in [0.2, 0.25) is 0 Å². The third-order valence-electron chi connectivity index (χ3n) is 9.17. The Hall–Kier alpha value is -3.83. The summed E-state index contributed by atoms with van der Waals surface area (Å²) in [6.45, 7) is -0.405. The van der Waals surface area contributed by atoms with Gasteiger partial charge in [-0.3, -0.25) is 0 Å². The van der Waals surface area contributed by atoms with Crippen molar-refractivity contribution in [3.05, 3.63) is 101 Å². The molecule has 3 aromatic rings. The van der Waals surface area contributed by atoms with Crippen molar-refractivity contribution >= 4 is 15.9 Å². The minimum atomic E-state index is -6.21. The van der Waals surface area contributed by atoms with Crippen molar-refractivity contribution < 1.29 is 62.2 Å². The predicted octanol–water partition coefficient (Wildman–Crippen LogP) is 7.29. The molecule has 0 bridgehead atoms. The van der Waals surface area contributed by atoms with Crippen molar-refractivity contribution in [1.29, 1.82) is 0 Å². The molecule has 5 rings (SSSR count). The molecule has 1 N–H and O–H groups in total. The quantitative estimate of drug-likeness (QED) is 0.194. The van der Waals surface area contributed by atoms with Crippen LogP contribution in [0.4, 0.5) is 44.3 Å². The van der Waals surface area contributed by atoms with Crippen molar-refractivity contribution in [1.82, 2.24) is 10.2 Å². The maximum Gasteiger partial charge on any atom is 0.430 e. The first-order chi connectivity index (χ1) is 23.4. The summed E-state index contributed by atoms with van der Waals surface area (Å²) in [5, 5.41) is 2.84. The van der Waals surface area contributed by atoms with Crippen molar-refractivity contribution in [3.63, 3.8) is 0 Å². The first-order valence-electron chi connectivity index (χ1n) is 15.4. The molecule has 0 aromatic heterocycles. The monoisotopic (exact) mass is 738 g/mol. The second-order valence-electron chi connectivity index (χ2n) is 12.0. The topological polar surface area (TPSA) is 84.9 Å². The van der Waals surface area contributed by atoms with Crippen LogP contribution in [0.3, 0.4) is 0 Å². The Morgan fingerprint density at radius 1 is 0.840 bits per heavy atom. The number of hydrogen-bond donors (Lipinski definition) is 1. The molecule has 17 heteroatoms. The number of halogens is 9. The fourth-order valence-corrected chi connectivity index (χ4v) is 8.57. The molecule has 3 aromatic carbocycles. The summed E-state index contributed by atoms with van der Waals surface area (Å²) >= 11 is 0. The highest BCUT2D eigenvalue weighted by atomic mass is 32.2. The van der Waals surface area contributed by atoms with Crippen LogP contribution in [0.1, 0.15) is 42.4 Å². The summed E-state index contributed by atoms with van der Waals surface area (Å²) in [5.41, 5.74) is -7.91. The summed E-state index contributed by atoms with van der Waals surface area (Å²) in [7, 11) is -4.49. The number of hydrogen-bond acceptors (Lipinski definition) is 5. The van der Waals surface area contributed by atoms with Gasteiger partial charge in [-0.15, -0.1) is 0 Å². The van der Waals surface area contributed by atoms with Crippen LogP contribution in [0.5, 0.6) is 0 Å². The number of carbonyl (C=O) groups excluding carboxylic acids is 1. The number of carbonyl (C=O) groups is 1. The lowest BCUT2D eigenvalue weighted by molar-refractivity contribution is -0.392. The van der Waals surface area contributed by atoms with E-state index in [-0.39, 0.29) is 36.1 Å². The molecule has 2 amide bonds. The van der Waals surface area contributed by atoms with Gasteiger partial charge in [0.15, 0.2) is 9.84 Å². The molecular formula is C33H31F9N2O5S. The third kappa shape index (κ3) is 6.91. The van der Waals surface area contributed by atoms with Crippen LogP contribution < -0.4 is 5.32 Å². The SMILES string of the molecule is O=C(N[C@H]1CC[C@](c2ccc(C(OCc3c(F)cccc3F)(C(F)(F)F)C(F)(F)F)cc2)(S(=O)(=O)c2ccc(F)cc2)CC1)N1CCOCC1. The van der Waals surface area contributed by atoms with E-state index in [1.54, 1.807) is 0 Å². The molecule has 0 radical (unpaired) electrons. The van der Waals surface area contributed by atoms with E-state index in [4.69, 9.17) is 4.74 Å². The van der Waals surface area contributed by atoms with Gasteiger partial charge >= 0.3 is 18.4 Å². The van der Waals surface area contributed by atoms with Gasteiger partial charge in [0.05, 0.1) is 24.7 Å². The zero-order chi connectivity index (χ0) is 36.5. The van der Waals surface area contributed by atoms with Crippen LogP contribution in [0.25, 0.3) is 0 Å². The fourth-order valence-electron chi connectivity index (χ4n) is 6.41. The number of urea groups is 1. The lowest BCUT2D eigenvalue weighted by atomic mass is 9.79. The lowest BCUT2D eigenvalue weighted by Crippen LogP contribution is -2.56. The third-order valence-corrected chi connectivity index (χ3v) is 11.7. The van der Waals surface area contributed by atoms with E-state index in [1.807, 2.05) is 0 Å². The van der Waals surface area contributed by atoms with Gasteiger partial charge in [-0.25, -0.2) is 26.4 Å². The van der Waals surface area contributed by atoms with Gasteiger partial charge in [0.2, 0.25) is 0 Å². The molecule has 272 valence electrons. The van der Waals surface area contributed by atoms with E-state index in [0.29, 0.717) is 50.6 Å². The summed E-state index contributed by atoms with van der Waals surface area (Å²) in [4.78, 5) is 14.0. The number of nitrogens with zero attached hydrogens (tertiary/aromatic N) is 1. The summed E-state index contributed by atoms with van der Waals surface area (Å²) in [5.74, 6) is -3.60. The highest BCUT2D eigenvalue weighted by Crippen LogP contribution is 2.54. The van der Waals surface area contributed by atoms with Crippen LogP contribution in [-0.4, -0.2) is 64.0 Å². The van der Waals surface area contributed by atoms with Gasteiger partial charge in [0.1, 0.15) is 22.2 Å². The van der Waals surface area contributed by atoms with Gasteiger partial charge in [-0.1, -0.05) is 30.3 Å². The highest BCUT2D eigenvalue weighted by Gasteiger charge is 2.73. The van der Waals surface area contributed by atoms with Gasteiger partial charge in [0.25, 0.3) is 5.60 Å². The first kappa shape index (κ1) is 37.4. The number of benzene rings is 3. The molecule has 2 fully saturated rings. The Morgan fingerprint density at radius 2 is 1.38 bits per heavy atom. The molecule has 0 atom stereocenters. The van der Waals surface area contributed by atoms with Crippen LogP contribution in [0.15, 0.2) is 71.6 Å². The molecule has 50 heavy (non-hydrogen) atoms. The molecule has 1 saturated heterocycles. The number of sulfone groups is 1. The smallest absolute Gasteiger partial charge is 0.378 e.